The van der Waals surface area contributed by atoms with E-state index in [4.69, 9.17) is 0 Å². The van der Waals surface area contributed by atoms with E-state index in [2.05, 4.69) is 20.4 Å². The van der Waals surface area contributed by atoms with Gasteiger partial charge in [-0.25, -0.2) is 14.6 Å². The Kier molecular flexibility index (Phi) is 3.53. The normalized spacial score (nSPS) is 12.5. The van der Waals surface area contributed by atoms with Gasteiger partial charge in [-0.1, -0.05) is 17.7 Å². The van der Waals surface area contributed by atoms with Gasteiger partial charge in [-0.3, -0.25) is 0 Å². The second-order valence-corrected chi connectivity index (χ2v) is 5.08. The molecule has 0 aliphatic carbocycles. The van der Waals surface area contributed by atoms with Gasteiger partial charge >= 0.3 is 0 Å². The molecule has 0 saturated heterocycles. The third-order valence-electron chi connectivity index (χ3n) is 3.21. The van der Waals surface area contributed by atoms with E-state index in [1.54, 1.807) is 17.8 Å². The van der Waals surface area contributed by atoms with Gasteiger partial charge in [-0.05, 0) is 26.0 Å². The molecule has 1 aromatic carbocycles. The Hall–Kier alpha value is -2.47. The fraction of sp³-hybridized carbons (Fsp3) is 0.267. The molecule has 6 nitrogen and oxygen atoms in total. The lowest BCUT2D eigenvalue weighted by molar-refractivity contribution is 0.208. The first kappa shape index (κ1) is 13.5. The largest absolute Gasteiger partial charge is 0.392 e. The van der Waals surface area contributed by atoms with Gasteiger partial charge < -0.3 is 10.4 Å². The van der Waals surface area contributed by atoms with E-state index in [0.29, 0.717) is 12.4 Å². The Morgan fingerprint density at radius 2 is 2.00 bits per heavy atom. The molecule has 2 heterocycles. The van der Waals surface area contributed by atoms with Crippen LogP contribution in [0.5, 0.6) is 0 Å². The SMILES string of the molecule is Cc1ccc(-n2ncc3c(NCC(C)O)ncnc32)cc1. The van der Waals surface area contributed by atoms with Crippen molar-refractivity contribution in [1.82, 2.24) is 19.7 Å². The summed E-state index contributed by atoms with van der Waals surface area (Å²) in [7, 11) is 0. The molecule has 1 atom stereocenters. The van der Waals surface area contributed by atoms with Crippen LogP contribution in [0.4, 0.5) is 5.82 Å². The van der Waals surface area contributed by atoms with Gasteiger partial charge in [-0.15, -0.1) is 0 Å². The smallest absolute Gasteiger partial charge is 0.168 e. The highest BCUT2D eigenvalue weighted by molar-refractivity contribution is 5.87. The van der Waals surface area contributed by atoms with E-state index in [9.17, 15) is 5.11 Å². The summed E-state index contributed by atoms with van der Waals surface area (Å²) in [6.07, 6.45) is 2.79. The molecule has 2 N–H and O–H groups in total. The fourth-order valence-electron chi connectivity index (χ4n) is 2.10. The topological polar surface area (TPSA) is 75.9 Å². The molecule has 3 rings (SSSR count). The van der Waals surface area contributed by atoms with E-state index in [0.717, 1.165) is 16.7 Å². The van der Waals surface area contributed by atoms with Crippen molar-refractivity contribution in [3.05, 3.63) is 42.4 Å². The van der Waals surface area contributed by atoms with Crippen LogP contribution in [0.15, 0.2) is 36.8 Å². The van der Waals surface area contributed by atoms with Crippen molar-refractivity contribution >= 4 is 16.9 Å². The number of nitrogens with one attached hydrogen (secondary N) is 1. The Morgan fingerprint density at radius 3 is 2.71 bits per heavy atom. The average Bonchev–Trinajstić information content (AvgIpc) is 2.90. The van der Waals surface area contributed by atoms with Crippen LogP contribution in [0.25, 0.3) is 16.7 Å². The van der Waals surface area contributed by atoms with Crippen LogP contribution in [0.1, 0.15) is 12.5 Å². The van der Waals surface area contributed by atoms with Crippen molar-refractivity contribution in [2.75, 3.05) is 11.9 Å². The first-order valence-electron chi connectivity index (χ1n) is 6.83. The molecule has 108 valence electrons. The summed E-state index contributed by atoms with van der Waals surface area (Å²) in [5.74, 6) is 0.680. The first-order valence-corrected chi connectivity index (χ1v) is 6.83. The van der Waals surface area contributed by atoms with Crippen molar-refractivity contribution in [2.24, 2.45) is 0 Å². The second-order valence-electron chi connectivity index (χ2n) is 5.08. The Balaban J connectivity index is 2.02. The molecule has 3 aromatic rings. The van der Waals surface area contributed by atoms with Gasteiger partial charge in [0.05, 0.1) is 23.4 Å². The van der Waals surface area contributed by atoms with Gasteiger partial charge in [0.15, 0.2) is 5.65 Å². The lowest BCUT2D eigenvalue weighted by atomic mass is 10.2. The fourth-order valence-corrected chi connectivity index (χ4v) is 2.10. The van der Waals surface area contributed by atoms with Gasteiger partial charge in [0.1, 0.15) is 12.1 Å². The maximum atomic E-state index is 9.37. The van der Waals surface area contributed by atoms with Gasteiger partial charge in [-0.2, -0.15) is 5.10 Å². The molecular weight excluding hydrogens is 266 g/mol. The van der Waals surface area contributed by atoms with E-state index >= 15 is 0 Å². The standard InChI is InChI=1S/C15H17N5O/c1-10-3-5-12(6-4-10)20-15-13(8-19-20)14(17-9-18-15)16-7-11(2)21/h3-6,8-9,11,21H,7H2,1-2H3,(H,16,17,18). The van der Waals surface area contributed by atoms with E-state index < -0.39 is 6.10 Å². The lowest BCUT2D eigenvalue weighted by Gasteiger charge is -2.08. The lowest BCUT2D eigenvalue weighted by Crippen LogP contribution is -2.16. The van der Waals surface area contributed by atoms with Crippen LogP contribution in [-0.4, -0.2) is 37.5 Å². The van der Waals surface area contributed by atoms with Crippen LogP contribution >= 0.6 is 0 Å². The Bertz CT molecular complexity index is 748. The molecule has 0 aliphatic rings. The highest BCUT2D eigenvalue weighted by Gasteiger charge is 2.11. The van der Waals surface area contributed by atoms with Gasteiger partial charge in [0.25, 0.3) is 0 Å². The average molecular weight is 283 g/mol. The molecule has 0 spiro atoms. The minimum Gasteiger partial charge on any atom is -0.392 e. The van der Waals surface area contributed by atoms with Crippen LogP contribution in [0, 0.1) is 6.92 Å². The molecule has 21 heavy (non-hydrogen) atoms. The van der Waals surface area contributed by atoms with Crippen molar-refractivity contribution in [1.29, 1.82) is 0 Å². The van der Waals surface area contributed by atoms with Crippen LogP contribution in [0.3, 0.4) is 0 Å². The Labute approximate surface area is 122 Å². The maximum absolute atomic E-state index is 9.37. The minimum atomic E-state index is -0.442. The van der Waals surface area contributed by atoms with E-state index in [-0.39, 0.29) is 0 Å². The number of hydrogen-bond donors (Lipinski definition) is 2. The summed E-state index contributed by atoms with van der Waals surface area (Å²) in [6.45, 7) is 4.20. The zero-order chi connectivity index (χ0) is 14.8. The van der Waals surface area contributed by atoms with Crippen LogP contribution in [-0.2, 0) is 0 Å². The molecule has 6 heteroatoms. The number of rotatable bonds is 4. The van der Waals surface area contributed by atoms with Crippen LogP contribution < -0.4 is 5.32 Å². The summed E-state index contributed by atoms with van der Waals surface area (Å²) in [6, 6.07) is 8.09. The quantitative estimate of drug-likeness (QED) is 0.765. The highest BCUT2D eigenvalue weighted by atomic mass is 16.3. The summed E-state index contributed by atoms with van der Waals surface area (Å²) in [5.41, 5.74) is 2.89. The number of fused-ring (bicyclic) bond motifs is 1. The summed E-state index contributed by atoms with van der Waals surface area (Å²) in [5, 5.41) is 17.7. The number of hydrogen-bond acceptors (Lipinski definition) is 5. The number of aliphatic hydroxyl groups is 1. The monoisotopic (exact) mass is 283 g/mol. The van der Waals surface area contributed by atoms with Crippen LogP contribution in [0.2, 0.25) is 0 Å². The number of benzene rings is 1. The number of aromatic nitrogens is 4. The summed E-state index contributed by atoms with van der Waals surface area (Å²) < 4.78 is 1.78. The first-order chi connectivity index (χ1) is 10.1. The molecule has 0 saturated carbocycles. The third-order valence-corrected chi connectivity index (χ3v) is 3.21. The molecule has 0 bridgehead atoms. The van der Waals surface area contributed by atoms with Gasteiger partial charge in [0.2, 0.25) is 0 Å². The number of aliphatic hydroxyl groups excluding tert-OH is 1. The molecule has 0 fully saturated rings. The number of anilines is 1. The maximum Gasteiger partial charge on any atom is 0.168 e. The molecule has 0 radical (unpaired) electrons. The highest BCUT2D eigenvalue weighted by Crippen LogP contribution is 2.21. The predicted octanol–water partition coefficient (Wildman–Crippen LogP) is 1.92. The number of aryl methyl sites for hydroxylation is 1. The molecule has 1 unspecified atom stereocenters. The van der Waals surface area contributed by atoms with E-state index in [1.165, 1.54) is 11.9 Å². The zero-order valence-electron chi connectivity index (χ0n) is 12.0. The number of nitrogens with zero attached hydrogens (tertiary/aromatic N) is 4. The molecule has 2 aromatic heterocycles. The molecular formula is C15H17N5O. The zero-order valence-corrected chi connectivity index (χ0v) is 12.0. The molecule has 0 aliphatic heterocycles. The van der Waals surface area contributed by atoms with Crippen molar-refractivity contribution in [2.45, 2.75) is 20.0 Å². The predicted molar refractivity (Wildman–Crippen MR) is 81.6 cm³/mol. The third kappa shape index (κ3) is 2.71. The second kappa shape index (κ2) is 5.49. The van der Waals surface area contributed by atoms with Crippen molar-refractivity contribution in [3.8, 4) is 5.69 Å². The van der Waals surface area contributed by atoms with Crippen molar-refractivity contribution < 1.29 is 5.11 Å². The minimum absolute atomic E-state index is 0.432. The Morgan fingerprint density at radius 1 is 1.24 bits per heavy atom. The summed E-state index contributed by atoms with van der Waals surface area (Å²) >= 11 is 0. The molecule has 0 amide bonds. The van der Waals surface area contributed by atoms with Crippen molar-refractivity contribution in [3.63, 3.8) is 0 Å². The summed E-state index contributed by atoms with van der Waals surface area (Å²) in [4.78, 5) is 8.53. The van der Waals surface area contributed by atoms with E-state index in [1.807, 2.05) is 31.2 Å². The van der Waals surface area contributed by atoms with Gasteiger partial charge in [0, 0.05) is 6.54 Å².